The molecule has 1 fully saturated rings. The number of anilines is 1. The summed E-state index contributed by atoms with van der Waals surface area (Å²) in [7, 11) is 0. The lowest BCUT2D eigenvalue weighted by molar-refractivity contribution is 0.154. The minimum Gasteiger partial charge on any atom is -0.409 e. The van der Waals surface area contributed by atoms with E-state index in [0.29, 0.717) is 12.1 Å². The topological polar surface area (TPSA) is 95.0 Å². The van der Waals surface area contributed by atoms with Crippen LogP contribution in [0, 0.1) is 6.92 Å². The maximum absolute atomic E-state index is 9.68. The fourth-order valence-corrected chi connectivity index (χ4v) is 2.18. The molecule has 1 aliphatic rings. The summed E-state index contributed by atoms with van der Waals surface area (Å²) in [5.74, 6) is 0.828. The van der Waals surface area contributed by atoms with Gasteiger partial charge in [0.15, 0.2) is 5.84 Å². The van der Waals surface area contributed by atoms with E-state index in [0.717, 1.165) is 30.9 Å². The first-order valence-electron chi connectivity index (χ1n) is 5.99. The molecule has 0 aromatic carbocycles. The summed E-state index contributed by atoms with van der Waals surface area (Å²) in [4.78, 5) is 6.45. The Bertz CT molecular complexity index is 461. The van der Waals surface area contributed by atoms with Crippen molar-refractivity contribution in [2.75, 3.05) is 18.0 Å². The van der Waals surface area contributed by atoms with Gasteiger partial charge in [0.1, 0.15) is 5.82 Å². The van der Waals surface area contributed by atoms with Crippen molar-refractivity contribution in [2.24, 2.45) is 10.9 Å². The van der Waals surface area contributed by atoms with Crippen LogP contribution in [0.3, 0.4) is 0 Å². The molecule has 0 radical (unpaired) electrons. The number of aryl methyl sites for hydroxylation is 1. The molecule has 1 aromatic heterocycles. The van der Waals surface area contributed by atoms with Crippen LogP contribution in [0.1, 0.15) is 24.1 Å². The number of piperidine rings is 1. The lowest BCUT2D eigenvalue weighted by Gasteiger charge is -2.31. The molecule has 2 rings (SSSR count). The normalized spacial score (nSPS) is 21.1. The molecule has 1 saturated heterocycles. The van der Waals surface area contributed by atoms with Gasteiger partial charge in [0.05, 0.1) is 6.10 Å². The number of aromatic nitrogens is 1. The van der Waals surface area contributed by atoms with E-state index in [2.05, 4.69) is 10.1 Å². The largest absolute Gasteiger partial charge is 0.409 e. The summed E-state index contributed by atoms with van der Waals surface area (Å²) < 4.78 is 0. The van der Waals surface area contributed by atoms with Gasteiger partial charge in [0, 0.05) is 24.3 Å². The zero-order chi connectivity index (χ0) is 13.1. The van der Waals surface area contributed by atoms with Crippen molar-refractivity contribution in [3.8, 4) is 0 Å². The van der Waals surface area contributed by atoms with Crippen LogP contribution in [-0.4, -0.2) is 40.3 Å². The van der Waals surface area contributed by atoms with E-state index in [-0.39, 0.29) is 11.9 Å². The molecule has 1 atom stereocenters. The number of nitrogens with zero attached hydrogens (tertiary/aromatic N) is 3. The highest BCUT2D eigenvalue weighted by atomic mass is 16.4. The standard InChI is InChI=1S/C12H18N4O2/c1-8-5-9(12(13)15-18)6-11(14-8)16-4-2-3-10(17)7-16/h5-6,10,17-18H,2-4,7H2,1H3,(H2,13,15). The average molecular weight is 250 g/mol. The number of pyridine rings is 1. The molecule has 0 spiro atoms. The monoisotopic (exact) mass is 250 g/mol. The maximum Gasteiger partial charge on any atom is 0.170 e. The van der Waals surface area contributed by atoms with Crippen molar-refractivity contribution in [3.05, 3.63) is 23.4 Å². The number of aliphatic hydroxyl groups is 1. The second-order valence-corrected chi connectivity index (χ2v) is 4.58. The van der Waals surface area contributed by atoms with Crippen LogP contribution in [0.15, 0.2) is 17.3 Å². The summed E-state index contributed by atoms with van der Waals surface area (Å²) in [6, 6.07) is 3.54. The Morgan fingerprint density at radius 2 is 2.33 bits per heavy atom. The van der Waals surface area contributed by atoms with E-state index in [1.807, 2.05) is 11.8 Å². The first-order chi connectivity index (χ1) is 8.60. The number of hydrogen-bond donors (Lipinski definition) is 3. The third kappa shape index (κ3) is 2.70. The molecule has 4 N–H and O–H groups in total. The molecule has 1 aromatic rings. The second kappa shape index (κ2) is 5.22. The van der Waals surface area contributed by atoms with Gasteiger partial charge in [-0.1, -0.05) is 5.16 Å². The summed E-state index contributed by atoms with van der Waals surface area (Å²) in [5, 5.41) is 21.4. The molecule has 98 valence electrons. The number of amidine groups is 1. The first kappa shape index (κ1) is 12.6. The van der Waals surface area contributed by atoms with Crippen molar-refractivity contribution < 1.29 is 10.3 Å². The van der Waals surface area contributed by atoms with Gasteiger partial charge < -0.3 is 20.9 Å². The Morgan fingerprint density at radius 3 is 3.00 bits per heavy atom. The molecule has 1 aliphatic heterocycles. The number of oxime groups is 1. The summed E-state index contributed by atoms with van der Waals surface area (Å²) >= 11 is 0. The average Bonchev–Trinajstić information content (AvgIpc) is 2.37. The smallest absolute Gasteiger partial charge is 0.170 e. The molecule has 18 heavy (non-hydrogen) atoms. The predicted octanol–water partition coefficient (Wildman–Crippen LogP) is 0.446. The van der Waals surface area contributed by atoms with E-state index in [9.17, 15) is 5.11 Å². The molecule has 0 bridgehead atoms. The predicted molar refractivity (Wildman–Crippen MR) is 68.9 cm³/mol. The van der Waals surface area contributed by atoms with Crippen LogP contribution in [0.4, 0.5) is 5.82 Å². The molecule has 6 heteroatoms. The number of β-amino-alcohol motifs (C(OH)–C–C–N with tert-alkyl or cyclic N) is 1. The van der Waals surface area contributed by atoms with Gasteiger partial charge in [0.2, 0.25) is 0 Å². The zero-order valence-electron chi connectivity index (χ0n) is 10.4. The van der Waals surface area contributed by atoms with Gasteiger partial charge in [-0.2, -0.15) is 0 Å². The van der Waals surface area contributed by atoms with Gasteiger partial charge >= 0.3 is 0 Å². The van der Waals surface area contributed by atoms with E-state index in [4.69, 9.17) is 10.9 Å². The Labute approximate surface area is 106 Å². The van der Waals surface area contributed by atoms with Gasteiger partial charge in [-0.05, 0) is 31.9 Å². The highest BCUT2D eigenvalue weighted by Gasteiger charge is 2.19. The van der Waals surface area contributed by atoms with Crippen LogP contribution in [-0.2, 0) is 0 Å². The fraction of sp³-hybridized carbons (Fsp3) is 0.500. The van der Waals surface area contributed by atoms with E-state index in [1.165, 1.54) is 0 Å². The number of nitrogens with two attached hydrogens (primary N) is 1. The first-order valence-corrected chi connectivity index (χ1v) is 5.99. The van der Waals surface area contributed by atoms with Crippen LogP contribution in [0.5, 0.6) is 0 Å². The molecule has 0 aliphatic carbocycles. The van der Waals surface area contributed by atoms with Crippen LogP contribution < -0.4 is 10.6 Å². The number of aliphatic hydroxyl groups excluding tert-OH is 1. The molecule has 0 saturated carbocycles. The van der Waals surface area contributed by atoms with E-state index < -0.39 is 0 Å². The van der Waals surface area contributed by atoms with Crippen molar-refractivity contribution >= 4 is 11.7 Å². The highest BCUT2D eigenvalue weighted by Crippen LogP contribution is 2.20. The van der Waals surface area contributed by atoms with Crippen molar-refractivity contribution in [1.29, 1.82) is 0 Å². The Hall–Kier alpha value is -1.82. The van der Waals surface area contributed by atoms with Crippen LogP contribution in [0.25, 0.3) is 0 Å². The number of hydrogen-bond acceptors (Lipinski definition) is 5. The lowest BCUT2D eigenvalue weighted by Crippen LogP contribution is -2.38. The molecule has 2 heterocycles. The minimum atomic E-state index is -0.312. The van der Waals surface area contributed by atoms with Crippen molar-refractivity contribution in [2.45, 2.75) is 25.9 Å². The molecular weight excluding hydrogens is 232 g/mol. The van der Waals surface area contributed by atoms with Gasteiger partial charge in [0.25, 0.3) is 0 Å². The maximum atomic E-state index is 9.68. The molecule has 6 nitrogen and oxygen atoms in total. The summed E-state index contributed by atoms with van der Waals surface area (Å²) in [6.45, 7) is 3.30. The highest BCUT2D eigenvalue weighted by molar-refractivity contribution is 5.97. The van der Waals surface area contributed by atoms with Gasteiger partial charge in [-0.25, -0.2) is 4.98 Å². The van der Waals surface area contributed by atoms with Crippen molar-refractivity contribution in [3.63, 3.8) is 0 Å². The SMILES string of the molecule is Cc1cc(/C(N)=N/O)cc(N2CCCC(O)C2)n1. The molecule has 0 amide bonds. The van der Waals surface area contributed by atoms with Crippen LogP contribution >= 0.6 is 0 Å². The summed E-state index contributed by atoms with van der Waals surface area (Å²) in [5.41, 5.74) is 7.03. The number of rotatable bonds is 2. The quantitative estimate of drug-likeness (QED) is 0.306. The zero-order valence-corrected chi connectivity index (χ0v) is 10.4. The Morgan fingerprint density at radius 1 is 1.56 bits per heavy atom. The Kier molecular flexibility index (Phi) is 3.66. The van der Waals surface area contributed by atoms with Crippen LogP contribution in [0.2, 0.25) is 0 Å². The lowest BCUT2D eigenvalue weighted by atomic mass is 10.1. The van der Waals surface area contributed by atoms with E-state index >= 15 is 0 Å². The molecular formula is C12H18N4O2. The third-order valence-electron chi connectivity index (χ3n) is 3.06. The van der Waals surface area contributed by atoms with E-state index in [1.54, 1.807) is 12.1 Å². The summed E-state index contributed by atoms with van der Waals surface area (Å²) in [6.07, 6.45) is 1.46. The third-order valence-corrected chi connectivity index (χ3v) is 3.06. The second-order valence-electron chi connectivity index (χ2n) is 4.58. The molecule has 1 unspecified atom stereocenters. The van der Waals surface area contributed by atoms with Gasteiger partial charge in [-0.3, -0.25) is 0 Å². The van der Waals surface area contributed by atoms with Crippen molar-refractivity contribution in [1.82, 2.24) is 4.98 Å². The van der Waals surface area contributed by atoms with Gasteiger partial charge in [-0.15, -0.1) is 0 Å². The fourth-order valence-electron chi connectivity index (χ4n) is 2.18. The Balaban J connectivity index is 2.30. The minimum absolute atomic E-state index is 0.0688.